The monoisotopic (exact) mass is 269 g/mol. The van der Waals surface area contributed by atoms with Crippen LogP contribution >= 0.6 is 11.6 Å². The van der Waals surface area contributed by atoms with Gasteiger partial charge in [0.1, 0.15) is 5.82 Å². The van der Waals surface area contributed by atoms with Crippen molar-refractivity contribution in [1.29, 1.82) is 0 Å². The highest BCUT2D eigenvalue weighted by Crippen LogP contribution is 2.29. The topological polar surface area (TPSA) is 29.1 Å². The average Bonchev–Trinajstić information content (AvgIpc) is 2.40. The molecule has 0 atom stereocenters. The van der Waals surface area contributed by atoms with Crippen LogP contribution in [0.15, 0.2) is 24.3 Å². The predicted octanol–water partition coefficient (Wildman–Crippen LogP) is 3.50. The molecule has 98 valence electrons. The first-order chi connectivity index (χ1) is 8.65. The van der Waals surface area contributed by atoms with Crippen LogP contribution in [0.2, 0.25) is 0 Å². The summed E-state index contributed by atoms with van der Waals surface area (Å²) in [5, 5.41) is 2.99. The van der Waals surface area contributed by atoms with Crippen LogP contribution in [0.25, 0.3) is 0 Å². The third-order valence-corrected chi connectivity index (χ3v) is 4.04. The minimum absolute atomic E-state index is 0.239. The molecule has 0 bridgehead atoms. The Kier molecular flexibility index (Phi) is 4.23. The number of carbonyl (C=O) groups is 1. The van der Waals surface area contributed by atoms with Crippen molar-refractivity contribution in [2.75, 3.05) is 5.88 Å². The van der Waals surface area contributed by atoms with Crippen LogP contribution < -0.4 is 5.32 Å². The molecule has 2 rings (SSSR count). The van der Waals surface area contributed by atoms with Crippen LogP contribution in [0.5, 0.6) is 0 Å². The van der Waals surface area contributed by atoms with Gasteiger partial charge in [-0.3, -0.25) is 4.79 Å². The van der Waals surface area contributed by atoms with Crippen LogP contribution in [0.4, 0.5) is 4.39 Å². The number of alkyl halides is 1. The fourth-order valence-electron chi connectivity index (χ4n) is 2.46. The number of amides is 1. The van der Waals surface area contributed by atoms with E-state index in [-0.39, 0.29) is 11.4 Å². The van der Waals surface area contributed by atoms with E-state index in [1.807, 2.05) is 0 Å². The van der Waals surface area contributed by atoms with Crippen LogP contribution in [-0.4, -0.2) is 17.3 Å². The third kappa shape index (κ3) is 3.02. The van der Waals surface area contributed by atoms with Crippen molar-refractivity contribution in [2.24, 2.45) is 0 Å². The molecule has 0 saturated heterocycles. The molecule has 1 N–H and O–H groups in total. The SMILES string of the molecule is O=C(NC1(CCl)CCCCC1)c1cccc(F)c1. The Balaban J connectivity index is 2.10. The summed E-state index contributed by atoms with van der Waals surface area (Å²) in [6.07, 6.45) is 5.15. The molecule has 1 aromatic rings. The maximum atomic E-state index is 13.1. The fraction of sp³-hybridized carbons (Fsp3) is 0.500. The molecule has 1 aliphatic carbocycles. The lowest BCUT2D eigenvalue weighted by Gasteiger charge is -2.36. The van der Waals surface area contributed by atoms with Gasteiger partial charge >= 0.3 is 0 Å². The Morgan fingerprint density at radius 1 is 1.33 bits per heavy atom. The number of hydrogen-bond donors (Lipinski definition) is 1. The minimum atomic E-state index is -0.397. The molecule has 1 aliphatic rings. The lowest BCUT2D eigenvalue weighted by atomic mass is 9.83. The van der Waals surface area contributed by atoms with E-state index in [1.165, 1.54) is 18.6 Å². The molecule has 0 aliphatic heterocycles. The summed E-state index contributed by atoms with van der Waals surface area (Å²) < 4.78 is 13.1. The van der Waals surface area contributed by atoms with Crippen molar-refractivity contribution >= 4 is 17.5 Å². The standard InChI is InChI=1S/C14H17ClFNO/c15-10-14(7-2-1-3-8-14)17-13(18)11-5-4-6-12(16)9-11/h4-6,9H,1-3,7-8,10H2,(H,17,18). The van der Waals surface area contributed by atoms with Crippen molar-refractivity contribution in [1.82, 2.24) is 5.32 Å². The molecule has 1 aromatic carbocycles. The molecule has 2 nitrogen and oxygen atoms in total. The summed E-state index contributed by atoms with van der Waals surface area (Å²) in [6, 6.07) is 5.73. The largest absolute Gasteiger partial charge is 0.345 e. The molecule has 0 aromatic heterocycles. The number of rotatable bonds is 3. The van der Waals surface area contributed by atoms with Gasteiger partial charge in [0.25, 0.3) is 5.91 Å². The molecule has 0 radical (unpaired) electrons. The smallest absolute Gasteiger partial charge is 0.251 e. The summed E-state index contributed by atoms with van der Waals surface area (Å²) in [7, 11) is 0. The fourth-order valence-corrected chi connectivity index (χ4v) is 2.80. The Hall–Kier alpha value is -1.09. The lowest BCUT2D eigenvalue weighted by molar-refractivity contribution is 0.0884. The van der Waals surface area contributed by atoms with Crippen molar-refractivity contribution in [3.8, 4) is 0 Å². The first kappa shape index (κ1) is 13.3. The Labute approximate surface area is 112 Å². The Morgan fingerprint density at radius 3 is 2.67 bits per heavy atom. The van der Waals surface area contributed by atoms with E-state index < -0.39 is 5.82 Å². The number of halogens is 2. The molecule has 0 heterocycles. The van der Waals surface area contributed by atoms with Gasteiger partial charge in [-0.25, -0.2) is 4.39 Å². The van der Waals surface area contributed by atoms with Crippen molar-refractivity contribution in [2.45, 2.75) is 37.6 Å². The van der Waals surface area contributed by atoms with Crippen molar-refractivity contribution in [3.63, 3.8) is 0 Å². The zero-order valence-electron chi connectivity index (χ0n) is 10.2. The summed E-state index contributed by atoms with van der Waals surface area (Å²) in [5.41, 5.74) is 0.0356. The highest BCUT2D eigenvalue weighted by molar-refractivity contribution is 6.19. The summed E-state index contributed by atoms with van der Waals surface area (Å²) >= 11 is 6.01. The Morgan fingerprint density at radius 2 is 2.06 bits per heavy atom. The maximum Gasteiger partial charge on any atom is 0.251 e. The van der Waals surface area contributed by atoms with Gasteiger partial charge in [0.2, 0.25) is 0 Å². The van der Waals surface area contributed by atoms with Crippen molar-refractivity contribution in [3.05, 3.63) is 35.6 Å². The molecular formula is C14H17ClFNO. The quantitative estimate of drug-likeness (QED) is 0.836. The highest BCUT2D eigenvalue weighted by Gasteiger charge is 2.32. The van der Waals surface area contributed by atoms with Gasteiger partial charge in [-0.1, -0.05) is 25.3 Å². The average molecular weight is 270 g/mol. The lowest BCUT2D eigenvalue weighted by Crippen LogP contribution is -2.51. The number of benzene rings is 1. The molecular weight excluding hydrogens is 253 g/mol. The number of hydrogen-bond acceptors (Lipinski definition) is 1. The minimum Gasteiger partial charge on any atom is -0.345 e. The second kappa shape index (κ2) is 5.70. The molecule has 1 saturated carbocycles. The second-order valence-electron chi connectivity index (χ2n) is 4.94. The van der Waals surface area contributed by atoms with Gasteiger partial charge in [-0.05, 0) is 31.0 Å². The number of nitrogens with one attached hydrogen (secondary N) is 1. The second-order valence-corrected chi connectivity index (χ2v) is 5.21. The first-order valence-electron chi connectivity index (χ1n) is 6.29. The third-order valence-electron chi connectivity index (χ3n) is 3.53. The van der Waals surface area contributed by atoms with Gasteiger partial charge in [0.05, 0.1) is 5.54 Å². The van der Waals surface area contributed by atoms with E-state index in [0.717, 1.165) is 25.7 Å². The van der Waals surface area contributed by atoms with Gasteiger partial charge in [-0.2, -0.15) is 0 Å². The van der Waals surface area contributed by atoms with Crippen LogP contribution in [0, 0.1) is 5.82 Å². The Bertz CT molecular complexity index is 430. The molecule has 1 fully saturated rings. The van der Waals surface area contributed by atoms with Gasteiger partial charge < -0.3 is 5.32 Å². The molecule has 18 heavy (non-hydrogen) atoms. The molecule has 0 unspecified atom stereocenters. The summed E-state index contributed by atoms with van der Waals surface area (Å²) in [5.74, 6) is -0.225. The first-order valence-corrected chi connectivity index (χ1v) is 6.83. The summed E-state index contributed by atoms with van der Waals surface area (Å²) in [4.78, 5) is 12.1. The zero-order valence-corrected chi connectivity index (χ0v) is 11.0. The zero-order chi connectivity index (χ0) is 13.0. The van der Waals surface area contributed by atoms with Gasteiger partial charge in [0, 0.05) is 11.4 Å². The summed E-state index contributed by atoms with van der Waals surface area (Å²) in [6.45, 7) is 0. The van der Waals surface area contributed by atoms with E-state index in [9.17, 15) is 9.18 Å². The highest BCUT2D eigenvalue weighted by atomic mass is 35.5. The van der Waals surface area contributed by atoms with E-state index in [1.54, 1.807) is 12.1 Å². The molecule has 1 amide bonds. The normalized spacial score (nSPS) is 18.3. The maximum absolute atomic E-state index is 13.1. The van der Waals surface area contributed by atoms with Crippen LogP contribution in [0.1, 0.15) is 42.5 Å². The van der Waals surface area contributed by atoms with E-state index >= 15 is 0 Å². The van der Waals surface area contributed by atoms with Crippen LogP contribution in [-0.2, 0) is 0 Å². The molecule has 4 heteroatoms. The van der Waals surface area contributed by atoms with Crippen LogP contribution in [0.3, 0.4) is 0 Å². The van der Waals surface area contributed by atoms with E-state index in [2.05, 4.69) is 5.32 Å². The van der Waals surface area contributed by atoms with Gasteiger partial charge in [-0.15, -0.1) is 11.6 Å². The van der Waals surface area contributed by atoms with Gasteiger partial charge in [0.15, 0.2) is 0 Å². The predicted molar refractivity (Wildman–Crippen MR) is 70.4 cm³/mol. The van der Waals surface area contributed by atoms with E-state index in [4.69, 9.17) is 11.6 Å². The van der Waals surface area contributed by atoms with E-state index in [0.29, 0.717) is 11.4 Å². The molecule has 0 spiro atoms. The van der Waals surface area contributed by atoms with Crippen molar-refractivity contribution < 1.29 is 9.18 Å². The number of carbonyl (C=O) groups excluding carboxylic acids is 1.